The van der Waals surface area contributed by atoms with Crippen molar-refractivity contribution >= 4 is 5.69 Å². The minimum absolute atomic E-state index is 0.0767. The van der Waals surface area contributed by atoms with E-state index in [1.807, 2.05) is 19.9 Å². The highest BCUT2D eigenvalue weighted by molar-refractivity contribution is 5.42. The highest BCUT2D eigenvalue weighted by Gasteiger charge is 2.20. The molecule has 122 valence electrons. The van der Waals surface area contributed by atoms with Gasteiger partial charge in [-0.05, 0) is 37.1 Å². The molecule has 6 heteroatoms. The van der Waals surface area contributed by atoms with Crippen LogP contribution in [-0.4, -0.2) is 17.1 Å². The summed E-state index contributed by atoms with van der Waals surface area (Å²) in [5.41, 5.74) is 1.64. The van der Waals surface area contributed by atoms with Crippen molar-refractivity contribution in [3.63, 3.8) is 0 Å². The van der Waals surface area contributed by atoms with E-state index in [0.717, 1.165) is 11.1 Å². The quantitative estimate of drug-likeness (QED) is 0.631. The van der Waals surface area contributed by atoms with E-state index >= 15 is 0 Å². The van der Waals surface area contributed by atoms with Gasteiger partial charge in [-0.15, -0.1) is 0 Å². The summed E-state index contributed by atoms with van der Waals surface area (Å²) in [4.78, 5) is 10.3. The first-order valence-electron chi connectivity index (χ1n) is 7.19. The average Bonchev–Trinajstić information content (AvgIpc) is 2.54. The average molecular weight is 316 g/mol. The molecule has 0 radical (unpaired) electrons. The van der Waals surface area contributed by atoms with Gasteiger partial charge < -0.3 is 15.2 Å². The molecule has 2 N–H and O–H groups in total. The van der Waals surface area contributed by atoms with Gasteiger partial charge in [-0.1, -0.05) is 18.2 Å². The fraction of sp³-hybridized carbons (Fsp3) is 0.294. The zero-order chi connectivity index (χ0) is 17.0. The van der Waals surface area contributed by atoms with Gasteiger partial charge >= 0.3 is 0 Å². The summed E-state index contributed by atoms with van der Waals surface area (Å²) in [5, 5.41) is 23.7. The van der Waals surface area contributed by atoms with Crippen LogP contribution in [0.4, 0.5) is 5.69 Å². The van der Waals surface area contributed by atoms with Gasteiger partial charge in [-0.3, -0.25) is 10.1 Å². The Kier molecular flexibility index (Phi) is 4.86. The van der Waals surface area contributed by atoms with Crippen molar-refractivity contribution in [3.05, 3.63) is 63.7 Å². The third-order valence-electron chi connectivity index (χ3n) is 3.78. The van der Waals surface area contributed by atoms with Crippen molar-refractivity contribution in [1.29, 1.82) is 0 Å². The van der Waals surface area contributed by atoms with E-state index < -0.39 is 4.92 Å². The predicted molar refractivity (Wildman–Crippen MR) is 87.6 cm³/mol. The summed E-state index contributed by atoms with van der Waals surface area (Å²) in [5.74, 6) is 0.531. The molecule has 23 heavy (non-hydrogen) atoms. The number of rotatable bonds is 6. The Morgan fingerprint density at radius 3 is 2.43 bits per heavy atom. The molecule has 0 aliphatic heterocycles. The lowest BCUT2D eigenvalue weighted by atomic mass is 9.93. The fourth-order valence-electron chi connectivity index (χ4n) is 2.26. The number of nitrogens with zero attached hydrogens (tertiary/aromatic N) is 1. The molecule has 0 saturated carbocycles. The lowest BCUT2D eigenvalue weighted by Crippen LogP contribution is -2.35. The predicted octanol–water partition coefficient (Wildman–Crippen LogP) is 3.33. The van der Waals surface area contributed by atoms with Gasteiger partial charge in [0, 0.05) is 24.2 Å². The lowest BCUT2D eigenvalue weighted by Gasteiger charge is -2.27. The normalized spacial score (nSPS) is 11.3. The zero-order valence-corrected chi connectivity index (χ0v) is 13.4. The number of hydrogen-bond acceptors (Lipinski definition) is 5. The van der Waals surface area contributed by atoms with Crippen LogP contribution >= 0.6 is 0 Å². The molecule has 0 amide bonds. The van der Waals surface area contributed by atoms with Gasteiger partial charge in [0.25, 0.3) is 5.69 Å². The van der Waals surface area contributed by atoms with E-state index in [4.69, 9.17) is 4.74 Å². The van der Waals surface area contributed by atoms with Crippen LogP contribution in [0.15, 0.2) is 42.5 Å². The number of nitrogens with one attached hydrogen (secondary N) is 1. The van der Waals surface area contributed by atoms with E-state index in [9.17, 15) is 15.2 Å². The zero-order valence-electron chi connectivity index (χ0n) is 13.4. The second-order valence-electron chi connectivity index (χ2n) is 5.79. The molecule has 2 rings (SSSR count). The highest BCUT2D eigenvalue weighted by Crippen LogP contribution is 2.27. The van der Waals surface area contributed by atoms with Crippen molar-refractivity contribution in [3.8, 4) is 11.5 Å². The number of ether oxygens (including phenoxy) is 1. The second-order valence-corrected chi connectivity index (χ2v) is 5.79. The van der Waals surface area contributed by atoms with Crippen molar-refractivity contribution in [2.24, 2.45) is 0 Å². The third-order valence-corrected chi connectivity index (χ3v) is 3.78. The van der Waals surface area contributed by atoms with E-state index in [1.54, 1.807) is 24.3 Å². The van der Waals surface area contributed by atoms with Crippen molar-refractivity contribution in [2.75, 3.05) is 7.11 Å². The number of nitro benzene ring substituents is 1. The van der Waals surface area contributed by atoms with Crippen LogP contribution < -0.4 is 10.1 Å². The topological polar surface area (TPSA) is 84.6 Å². The number of benzene rings is 2. The SMILES string of the molecule is COc1cc(CNC(C)(C)c2ccc([N+](=O)[O-])cc2)ccc1O. The van der Waals surface area contributed by atoms with Crippen LogP contribution in [-0.2, 0) is 12.1 Å². The maximum absolute atomic E-state index is 10.7. The first kappa shape index (κ1) is 16.8. The van der Waals surface area contributed by atoms with Gasteiger partial charge in [0.15, 0.2) is 11.5 Å². The summed E-state index contributed by atoms with van der Waals surface area (Å²) >= 11 is 0. The van der Waals surface area contributed by atoms with Gasteiger partial charge in [0.2, 0.25) is 0 Å². The molecular weight excluding hydrogens is 296 g/mol. The number of aromatic hydroxyl groups is 1. The van der Waals surface area contributed by atoms with Crippen LogP contribution in [0.25, 0.3) is 0 Å². The van der Waals surface area contributed by atoms with Crippen LogP contribution in [0.1, 0.15) is 25.0 Å². The Balaban J connectivity index is 2.10. The van der Waals surface area contributed by atoms with Crippen LogP contribution in [0.5, 0.6) is 11.5 Å². The van der Waals surface area contributed by atoms with Crippen LogP contribution in [0.2, 0.25) is 0 Å². The number of methoxy groups -OCH3 is 1. The summed E-state index contributed by atoms with van der Waals surface area (Å²) in [6.45, 7) is 4.58. The van der Waals surface area contributed by atoms with Crippen LogP contribution in [0.3, 0.4) is 0 Å². The summed E-state index contributed by atoms with van der Waals surface area (Å²) < 4.78 is 5.10. The molecule has 0 spiro atoms. The molecule has 0 fully saturated rings. The molecule has 0 aliphatic carbocycles. The molecule has 0 saturated heterocycles. The fourth-order valence-corrected chi connectivity index (χ4v) is 2.26. The standard InChI is InChI=1S/C17H20N2O4/c1-17(2,13-5-7-14(8-6-13)19(21)22)18-11-12-4-9-15(20)16(10-12)23-3/h4-10,18,20H,11H2,1-3H3. The monoisotopic (exact) mass is 316 g/mol. The maximum atomic E-state index is 10.7. The summed E-state index contributed by atoms with van der Waals surface area (Å²) in [6, 6.07) is 11.7. The number of hydrogen-bond donors (Lipinski definition) is 2. The Morgan fingerprint density at radius 2 is 1.87 bits per heavy atom. The molecule has 0 heterocycles. The summed E-state index contributed by atoms with van der Waals surface area (Å²) in [7, 11) is 1.51. The van der Waals surface area contributed by atoms with Gasteiger partial charge in [0.1, 0.15) is 0 Å². The molecule has 6 nitrogen and oxygen atoms in total. The first-order valence-corrected chi connectivity index (χ1v) is 7.19. The second kappa shape index (κ2) is 6.66. The Labute approximate surface area is 134 Å². The number of nitro groups is 1. The van der Waals surface area contributed by atoms with Crippen LogP contribution in [0, 0.1) is 10.1 Å². The van der Waals surface area contributed by atoms with Gasteiger partial charge in [0.05, 0.1) is 12.0 Å². The first-order chi connectivity index (χ1) is 10.8. The number of non-ortho nitro benzene ring substituents is 1. The molecular formula is C17H20N2O4. The molecule has 2 aromatic carbocycles. The third kappa shape index (κ3) is 3.98. The molecule has 2 aromatic rings. The maximum Gasteiger partial charge on any atom is 0.269 e. The largest absolute Gasteiger partial charge is 0.504 e. The summed E-state index contributed by atoms with van der Waals surface area (Å²) in [6.07, 6.45) is 0. The van der Waals surface area contributed by atoms with Crippen molar-refractivity contribution < 1.29 is 14.8 Å². The minimum Gasteiger partial charge on any atom is -0.504 e. The van der Waals surface area contributed by atoms with E-state index in [2.05, 4.69) is 5.32 Å². The highest BCUT2D eigenvalue weighted by atomic mass is 16.6. The Bertz CT molecular complexity index is 696. The minimum atomic E-state index is -0.410. The Morgan fingerprint density at radius 1 is 1.22 bits per heavy atom. The van der Waals surface area contributed by atoms with E-state index in [0.29, 0.717) is 12.3 Å². The smallest absolute Gasteiger partial charge is 0.269 e. The molecule has 0 atom stereocenters. The lowest BCUT2D eigenvalue weighted by molar-refractivity contribution is -0.384. The van der Waals surface area contributed by atoms with Gasteiger partial charge in [-0.2, -0.15) is 0 Å². The Hall–Kier alpha value is -2.60. The van der Waals surface area contributed by atoms with E-state index in [-0.39, 0.29) is 17.0 Å². The molecule has 0 unspecified atom stereocenters. The molecule has 0 aliphatic rings. The van der Waals surface area contributed by atoms with Gasteiger partial charge in [-0.25, -0.2) is 0 Å². The van der Waals surface area contributed by atoms with Crippen molar-refractivity contribution in [2.45, 2.75) is 25.9 Å². The number of phenolic OH excluding ortho intramolecular Hbond substituents is 1. The van der Waals surface area contributed by atoms with E-state index in [1.165, 1.54) is 19.2 Å². The molecule has 0 bridgehead atoms. The van der Waals surface area contributed by atoms with Crippen molar-refractivity contribution in [1.82, 2.24) is 5.32 Å². The molecule has 0 aromatic heterocycles. The number of phenols is 1.